The van der Waals surface area contributed by atoms with Gasteiger partial charge in [0.1, 0.15) is 12.1 Å². The predicted molar refractivity (Wildman–Crippen MR) is 130 cm³/mol. The van der Waals surface area contributed by atoms with Gasteiger partial charge in [0, 0.05) is 31.5 Å². The van der Waals surface area contributed by atoms with Crippen molar-refractivity contribution < 1.29 is 4.79 Å². The Kier molecular flexibility index (Phi) is 6.14. The van der Waals surface area contributed by atoms with Crippen LogP contribution in [0.2, 0.25) is 0 Å². The SMILES string of the molecule is O=C(Nc1ccccc1)N1CCCC(CCNc2nccc(-n3cnc4ccccc43)n2)C1. The average Bonchev–Trinajstić information content (AvgIpc) is 3.29. The van der Waals surface area contributed by atoms with Gasteiger partial charge in [0.25, 0.3) is 0 Å². The van der Waals surface area contributed by atoms with Crippen molar-refractivity contribution in [1.29, 1.82) is 0 Å². The molecule has 0 saturated carbocycles. The molecular weight excluding hydrogens is 414 g/mol. The molecule has 1 fully saturated rings. The highest BCUT2D eigenvalue weighted by molar-refractivity contribution is 5.89. The van der Waals surface area contributed by atoms with Crippen molar-refractivity contribution in [2.45, 2.75) is 19.3 Å². The molecule has 168 valence electrons. The zero-order valence-corrected chi connectivity index (χ0v) is 18.4. The van der Waals surface area contributed by atoms with Crippen molar-refractivity contribution in [2.75, 3.05) is 30.3 Å². The molecule has 0 radical (unpaired) electrons. The second-order valence-electron chi connectivity index (χ2n) is 8.31. The molecule has 2 N–H and O–H groups in total. The number of hydrogen-bond acceptors (Lipinski definition) is 5. The molecule has 2 aromatic carbocycles. The number of aromatic nitrogens is 4. The number of urea groups is 1. The lowest BCUT2D eigenvalue weighted by Gasteiger charge is -2.32. The van der Waals surface area contributed by atoms with Gasteiger partial charge >= 0.3 is 6.03 Å². The van der Waals surface area contributed by atoms with Gasteiger partial charge in [0.05, 0.1) is 11.0 Å². The molecule has 1 atom stereocenters. The zero-order chi connectivity index (χ0) is 22.5. The molecule has 1 aliphatic heterocycles. The van der Waals surface area contributed by atoms with E-state index in [0.29, 0.717) is 11.9 Å². The molecule has 1 aliphatic rings. The van der Waals surface area contributed by atoms with Crippen LogP contribution < -0.4 is 10.6 Å². The molecule has 0 bridgehead atoms. The molecule has 4 aromatic rings. The highest BCUT2D eigenvalue weighted by Crippen LogP contribution is 2.21. The summed E-state index contributed by atoms with van der Waals surface area (Å²) >= 11 is 0. The molecule has 8 nitrogen and oxygen atoms in total. The number of benzene rings is 2. The van der Waals surface area contributed by atoms with Crippen LogP contribution in [-0.4, -0.2) is 50.1 Å². The Morgan fingerprint density at radius 3 is 2.79 bits per heavy atom. The maximum absolute atomic E-state index is 12.6. The van der Waals surface area contributed by atoms with Crippen LogP contribution in [0.15, 0.2) is 73.2 Å². The van der Waals surface area contributed by atoms with E-state index in [-0.39, 0.29) is 6.03 Å². The second-order valence-corrected chi connectivity index (χ2v) is 8.31. The van der Waals surface area contributed by atoms with Gasteiger partial charge in [-0.3, -0.25) is 4.57 Å². The third-order valence-corrected chi connectivity index (χ3v) is 6.01. The van der Waals surface area contributed by atoms with Gasteiger partial charge in [-0.25, -0.2) is 14.8 Å². The molecule has 2 amide bonds. The van der Waals surface area contributed by atoms with Crippen LogP contribution in [0.1, 0.15) is 19.3 Å². The number of nitrogens with zero attached hydrogens (tertiary/aromatic N) is 5. The van der Waals surface area contributed by atoms with Gasteiger partial charge in [-0.2, -0.15) is 4.98 Å². The summed E-state index contributed by atoms with van der Waals surface area (Å²) in [6.45, 7) is 2.32. The van der Waals surface area contributed by atoms with Crippen molar-refractivity contribution in [2.24, 2.45) is 5.92 Å². The highest BCUT2D eigenvalue weighted by Gasteiger charge is 2.23. The van der Waals surface area contributed by atoms with Crippen molar-refractivity contribution >= 4 is 28.7 Å². The Hall–Kier alpha value is -3.94. The molecule has 3 heterocycles. The van der Waals surface area contributed by atoms with E-state index in [1.54, 1.807) is 12.5 Å². The molecule has 0 spiro atoms. The summed E-state index contributed by atoms with van der Waals surface area (Å²) in [4.78, 5) is 28.0. The lowest BCUT2D eigenvalue weighted by Crippen LogP contribution is -2.42. The molecule has 5 rings (SSSR count). The Bertz CT molecular complexity index is 1220. The largest absolute Gasteiger partial charge is 0.354 e. The molecule has 33 heavy (non-hydrogen) atoms. The maximum Gasteiger partial charge on any atom is 0.321 e. The van der Waals surface area contributed by atoms with Crippen LogP contribution in [-0.2, 0) is 0 Å². The van der Waals surface area contributed by atoms with Crippen LogP contribution in [0, 0.1) is 5.92 Å². The summed E-state index contributed by atoms with van der Waals surface area (Å²) < 4.78 is 1.96. The first-order valence-electron chi connectivity index (χ1n) is 11.4. The molecule has 1 unspecified atom stereocenters. The number of likely N-dealkylation sites (tertiary alicyclic amines) is 1. The summed E-state index contributed by atoms with van der Waals surface area (Å²) in [6.07, 6.45) is 6.64. The number of hydrogen-bond donors (Lipinski definition) is 2. The number of carbonyl (C=O) groups excluding carboxylic acids is 1. The van der Waals surface area contributed by atoms with Crippen molar-refractivity contribution in [3.63, 3.8) is 0 Å². The van der Waals surface area contributed by atoms with Crippen LogP contribution in [0.5, 0.6) is 0 Å². The summed E-state index contributed by atoms with van der Waals surface area (Å²) in [6, 6.07) is 19.4. The minimum atomic E-state index is -0.0255. The van der Waals surface area contributed by atoms with Crippen LogP contribution in [0.3, 0.4) is 0 Å². The predicted octanol–water partition coefficient (Wildman–Crippen LogP) is 4.56. The van der Waals surface area contributed by atoms with Crippen molar-refractivity contribution in [1.82, 2.24) is 24.4 Å². The quantitative estimate of drug-likeness (QED) is 0.458. The molecule has 8 heteroatoms. The normalized spacial score (nSPS) is 16.0. The highest BCUT2D eigenvalue weighted by atomic mass is 16.2. The minimum Gasteiger partial charge on any atom is -0.354 e. The molecule has 1 saturated heterocycles. The number of rotatable bonds is 6. The Morgan fingerprint density at radius 2 is 1.88 bits per heavy atom. The van der Waals surface area contributed by atoms with Gasteiger partial charge in [-0.05, 0) is 55.5 Å². The van der Waals surface area contributed by atoms with Crippen molar-refractivity contribution in [3.05, 3.63) is 73.2 Å². The number of fused-ring (bicyclic) bond motifs is 1. The Labute approximate surface area is 192 Å². The summed E-state index contributed by atoms with van der Waals surface area (Å²) in [7, 11) is 0. The fourth-order valence-electron chi connectivity index (χ4n) is 4.31. The first-order valence-corrected chi connectivity index (χ1v) is 11.4. The molecule has 0 aliphatic carbocycles. The van der Waals surface area contributed by atoms with Gasteiger partial charge in [-0.15, -0.1) is 0 Å². The minimum absolute atomic E-state index is 0.0255. The monoisotopic (exact) mass is 441 g/mol. The summed E-state index contributed by atoms with van der Waals surface area (Å²) in [5.41, 5.74) is 2.77. The topological polar surface area (TPSA) is 88.0 Å². The van der Waals surface area contributed by atoms with Gasteiger partial charge in [-0.1, -0.05) is 30.3 Å². The van der Waals surface area contributed by atoms with E-state index in [0.717, 1.165) is 61.4 Å². The second kappa shape index (κ2) is 9.68. The van der Waals surface area contributed by atoms with E-state index in [9.17, 15) is 4.79 Å². The zero-order valence-electron chi connectivity index (χ0n) is 18.4. The smallest absolute Gasteiger partial charge is 0.321 e. The van der Waals surface area contributed by atoms with E-state index in [2.05, 4.69) is 25.6 Å². The van der Waals surface area contributed by atoms with Crippen LogP contribution in [0.4, 0.5) is 16.4 Å². The summed E-state index contributed by atoms with van der Waals surface area (Å²) in [5.74, 6) is 1.83. The number of para-hydroxylation sites is 3. The third-order valence-electron chi connectivity index (χ3n) is 6.01. The fourth-order valence-corrected chi connectivity index (χ4v) is 4.31. The number of carbonyl (C=O) groups is 1. The average molecular weight is 442 g/mol. The first-order chi connectivity index (χ1) is 16.3. The third kappa shape index (κ3) is 4.95. The van der Waals surface area contributed by atoms with E-state index in [1.807, 2.05) is 70.1 Å². The van der Waals surface area contributed by atoms with E-state index < -0.39 is 0 Å². The van der Waals surface area contributed by atoms with Gasteiger partial charge in [0.2, 0.25) is 5.95 Å². The fraction of sp³-hybridized carbons (Fsp3) is 0.280. The number of amides is 2. The standard InChI is InChI=1S/C25H27N7O/c33-25(29-20-8-2-1-3-9-20)31-16-6-7-19(17-31)12-14-26-24-27-15-13-23(30-24)32-18-28-21-10-4-5-11-22(21)32/h1-5,8-11,13,15,18-19H,6-7,12,14,16-17H2,(H,29,33)(H,26,27,30). The van der Waals surface area contributed by atoms with Crippen molar-refractivity contribution in [3.8, 4) is 5.82 Å². The molecule has 2 aromatic heterocycles. The number of anilines is 2. The number of nitrogens with one attached hydrogen (secondary N) is 2. The van der Waals surface area contributed by atoms with Crippen LogP contribution >= 0.6 is 0 Å². The first kappa shape index (κ1) is 20.9. The summed E-state index contributed by atoms with van der Waals surface area (Å²) in [5, 5.41) is 6.34. The number of piperidine rings is 1. The maximum atomic E-state index is 12.6. The van der Waals surface area contributed by atoms with E-state index in [1.165, 1.54) is 0 Å². The van der Waals surface area contributed by atoms with E-state index >= 15 is 0 Å². The van der Waals surface area contributed by atoms with E-state index in [4.69, 9.17) is 0 Å². The molecular formula is C25H27N7O. The Balaban J connectivity index is 1.15. The van der Waals surface area contributed by atoms with Gasteiger partial charge in [0.15, 0.2) is 0 Å². The van der Waals surface area contributed by atoms with Crippen LogP contribution in [0.25, 0.3) is 16.9 Å². The van der Waals surface area contributed by atoms with Gasteiger partial charge < -0.3 is 15.5 Å². The lowest BCUT2D eigenvalue weighted by molar-refractivity contribution is 0.175. The lowest BCUT2D eigenvalue weighted by atomic mass is 9.95. The Morgan fingerprint density at radius 1 is 1.03 bits per heavy atom. The number of imidazole rings is 1.